The van der Waals surface area contributed by atoms with Crippen LogP contribution in [0.1, 0.15) is 24.8 Å². The summed E-state index contributed by atoms with van der Waals surface area (Å²) in [5.74, 6) is 0. The third-order valence-corrected chi connectivity index (χ3v) is 2.70. The van der Waals surface area contributed by atoms with Crippen LogP contribution >= 0.6 is 0 Å². The molecule has 1 saturated heterocycles. The minimum Gasteiger partial charge on any atom is -0.412 e. The fraction of sp³-hybridized carbons (Fsp3) is 0.500. The van der Waals surface area contributed by atoms with Gasteiger partial charge in [-0.1, -0.05) is 36.8 Å². The summed E-state index contributed by atoms with van der Waals surface area (Å²) in [6.07, 6.45) is 4.19. The van der Waals surface area contributed by atoms with Crippen LogP contribution in [0, 0.1) is 0 Å². The Hall–Kier alpha value is -0.860. The molecule has 78 valence electrons. The number of hydrogen-bond acceptors (Lipinski definition) is 1. The normalized spacial score (nSPS) is 17.4. The highest BCUT2D eigenvalue weighted by Gasteiger charge is 2.09. The maximum absolute atomic E-state index is 2.55. The van der Waals surface area contributed by atoms with Crippen molar-refractivity contribution < 1.29 is 5.48 Å². The molecule has 1 fully saturated rings. The van der Waals surface area contributed by atoms with Crippen molar-refractivity contribution in [3.63, 3.8) is 0 Å². The van der Waals surface area contributed by atoms with Crippen LogP contribution in [0.2, 0.25) is 0 Å². The lowest BCUT2D eigenvalue weighted by atomic mass is 10.1. The lowest BCUT2D eigenvalue weighted by Crippen LogP contribution is -2.28. The quantitative estimate of drug-likeness (QED) is 0.706. The predicted molar refractivity (Wildman–Crippen MR) is 59.2 cm³/mol. The molecule has 0 unspecified atom stereocenters. The van der Waals surface area contributed by atoms with Crippen molar-refractivity contribution in [2.24, 2.45) is 0 Å². The Balaban J connectivity index is 0.000000980. The molecule has 2 nitrogen and oxygen atoms in total. The van der Waals surface area contributed by atoms with Crippen molar-refractivity contribution in [1.82, 2.24) is 4.90 Å². The molecule has 1 aliphatic heterocycles. The number of likely N-dealkylation sites (tertiary alicyclic amines) is 1. The molecule has 0 aromatic heterocycles. The van der Waals surface area contributed by atoms with Gasteiger partial charge in [-0.05, 0) is 31.5 Å². The second-order valence-electron chi connectivity index (χ2n) is 3.82. The van der Waals surface area contributed by atoms with E-state index in [9.17, 15) is 0 Å². The molecule has 2 N–H and O–H groups in total. The SMILES string of the molecule is O.c1ccc(CN2CCCCC2)cc1. The van der Waals surface area contributed by atoms with Gasteiger partial charge in [0, 0.05) is 6.54 Å². The summed E-state index contributed by atoms with van der Waals surface area (Å²) in [7, 11) is 0. The van der Waals surface area contributed by atoms with E-state index in [1.807, 2.05) is 0 Å². The van der Waals surface area contributed by atoms with E-state index in [-0.39, 0.29) is 5.48 Å². The highest BCUT2D eigenvalue weighted by Crippen LogP contribution is 2.12. The zero-order valence-corrected chi connectivity index (χ0v) is 8.58. The van der Waals surface area contributed by atoms with Gasteiger partial charge >= 0.3 is 0 Å². The van der Waals surface area contributed by atoms with E-state index in [1.165, 1.54) is 37.9 Å². The van der Waals surface area contributed by atoms with Crippen molar-refractivity contribution >= 4 is 0 Å². The Morgan fingerprint density at radius 2 is 1.57 bits per heavy atom. The molecule has 0 radical (unpaired) electrons. The van der Waals surface area contributed by atoms with Gasteiger partial charge in [-0.3, -0.25) is 4.90 Å². The number of hydrogen-bond donors (Lipinski definition) is 0. The van der Waals surface area contributed by atoms with Crippen molar-refractivity contribution in [2.45, 2.75) is 25.8 Å². The molecule has 1 aromatic rings. The predicted octanol–water partition coefficient (Wildman–Crippen LogP) is 1.85. The van der Waals surface area contributed by atoms with Crippen LogP contribution in [0.5, 0.6) is 0 Å². The van der Waals surface area contributed by atoms with E-state index in [0.29, 0.717) is 0 Å². The first-order valence-electron chi connectivity index (χ1n) is 5.21. The standard InChI is InChI=1S/C12H17N.H2O/c1-3-7-12(8-4-1)11-13-9-5-2-6-10-13;/h1,3-4,7-8H,2,5-6,9-11H2;1H2. The van der Waals surface area contributed by atoms with Gasteiger partial charge in [0.1, 0.15) is 0 Å². The highest BCUT2D eigenvalue weighted by atomic mass is 16.0. The minimum absolute atomic E-state index is 0. The molecule has 1 aromatic carbocycles. The van der Waals surface area contributed by atoms with Gasteiger partial charge in [-0.25, -0.2) is 0 Å². The summed E-state index contributed by atoms with van der Waals surface area (Å²) in [5, 5.41) is 0. The number of benzene rings is 1. The third kappa shape index (κ3) is 3.13. The largest absolute Gasteiger partial charge is 0.412 e. The molecular weight excluding hydrogens is 174 g/mol. The molecular formula is C12H19NO. The lowest BCUT2D eigenvalue weighted by molar-refractivity contribution is 0.221. The van der Waals surface area contributed by atoms with Gasteiger partial charge in [-0.2, -0.15) is 0 Å². The van der Waals surface area contributed by atoms with Crippen LogP contribution < -0.4 is 0 Å². The van der Waals surface area contributed by atoms with Crippen molar-refractivity contribution in [3.8, 4) is 0 Å². The van der Waals surface area contributed by atoms with Crippen LogP contribution in [0.15, 0.2) is 30.3 Å². The summed E-state index contributed by atoms with van der Waals surface area (Å²) in [5.41, 5.74) is 1.45. The average Bonchev–Trinajstić information content (AvgIpc) is 2.21. The topological polar surface area (TPSA) is 34.7 Å². The molecule has 14 heavy (non-hydrogen) atoms. The molecule has 2 heteroatoms. The molecule has 0 bridgehead atoms. The Bertz CT molecular complexity index is 242. The van der Waals surface area contributed by atoms with Gasteiger partial charge < -0.3 is 5.48 Å². The molecule has 1 aliphatic rings. The Morgan fingerprint density at radius 3 is 2.21 bits per heavy atom. The third-order valence-electron chi connectivity index (χ3n) is 2.70. The van der Waals surface area contributed by atoms with Gasteiger partial charge in [-0.15, -0.1) is 0 Å². The van der Waals surface area contributed by atoms with Crippen molar-refractivity contribution in [2.75, 3.05) is 13.1 Å². The van der Waals surface area contributed by atoms with E-state index < -0.39 is 0 Å². The van der Waals surface area contributed by atoms with Crippen LogP contribution in [-0.4, -0.2) is 23.5 Å². The minimum atomic E-state index is 0. The summed E-state index contributed by atoms with van der Waals surface area (Å²) in [6.45, 7) is 3.71. The van der Waals surface area contributed by atoms with Crippen LogP contribution in [0.4, 0.5) is 0 Å². The second-order valence-corrected chi connectivity index (χ2v) is 3.82. The van der Waals surface area contributed by atoms with Crippen LogP contribution in [0.25, 0.3) is 0 Å². The maximum Gasteiger partial charge on any atom is 0.0233 e. The van der Waals surface area contributed by atoms with Gasteiger partial charge in [0.2, 0.25) is 0 Å². The maximum atomic E-state index is 2.55. The molecule has 2 rings (SSSR count). The lowest BCUT2D eigenvalue weighted by Gasteiger charge is -2.26. The summed E-state index contributed by atoms with van der Waals surface area (Å²) < 4.78 is 0. The van der Waals surface area contributed by atoms with Crippen molar-refractivity contribution in [3.05, 3.63) is 35.9 Å². The Kier molecular flexibility index (Phi) is 4.63. The van der Waals surface area contributed by atoms with Gasteiger partial charge in [0.05, 0.1) is 0 Å². The van der Waals surface area contributed by atoms with E-state index in [0.717, 1.165) is 6.54 Å². The van der Waals surface area contributed by atoms with E-state index >= 15 is 0 Å². The Morgan fingerprint density at radius 1 is 0.929 bits per heavy atom. The second kappa shape index (κ2) is 5.78. The van der Waals surface area contributed by atoms with E-state index in [1.54, 1.807) is 0 Å². The zero-order valence-electron chi connectivity index (χ0n) is 8.58. The zero-order chi connectivity index (χ0) is 8.93. The Labute approximate surface area is 85.9 Å². The first kappa shape index (κ1) is 11.2. The summed E-state index contributed by atoms with van der Waals surface area (Å²) >= 11 is 0. The van der Waals surface area contributed by atoms with Gasteiger partial charge in [0.25, 0.3) is 0 Å². The highest BCUT2D eigenvalue weighted by molar-refractivity contribution is 5.14. The molecule has 0 amide bonds. The monoisotopic (exact) mass is 193 g/mol. The van der Waals surface area contributed by atoms with E-state index in [2.05, 4.69) is 35.2 Å². The fourth-order valence-electron chi connectivity index (χ4n) is 1.96. The summed E-state index contributed by atoms with van der Waals surface area (Å²) in [6, 6.07) is 10.8. The summed E-state index contributed by atoms with van der Waals surface area (Å²) in [4.78, 5) is 2.55. The average molecular weight is 193 g/mol. The molecule has 1 heterocycles. The first-order chi connectivity index (χ1) is 6.45. The number of nitrogens with zero attached hydrogens (tertiary/aromatic N) is 1. The number of rotatable bonds is 2. The molecule has 0 aliphatic carbocycles. The number of piperidine rings is 1. The van der Waals surface area contributed by atoms with Crippen LogP contribution in [0.3, 0.4) is 0 Å². The van der Waals surface area contributed by atoms with Crippen LogP contribution in [-0.2, 0) is 6.54 Å². The fourth-order valence-corrected chi connectivity index (χ4v) is 1.96. The molecule has 0 spiro atoms. The van der Waals surface area contributed by atoms with Gasteiger partial charge in [0.15, 0.2) is 0 Å². The molecule has 0 saturated carbocycles. The first-order valence-corrected chi connectivity index (χ1v) is 5.21. The van der Waals surface area contributed by atoms with E-state index in [4.69, 9.17) is 0 Å². The van der Waals surface area contributed by atoms with Crippen molar-refractivity contribution in [1.29, 1.82) is 0 Å². The smallest absolute Gasteiger partial charge is 0.0233 e. The molecule has 0 atom stereocenters.